The van der Waals surface area contributed by atoms with Crippen molar-refractivity contribution in [3.8, 4) is 28.3 Å². The topological polar surface area (TPSA) is 112 Å². The molecule has 2 heterocycles. The Bertz CT molecular complexity index is 1830. The summed E-state index contributed by atoms with van der Waals surface area (Å²) in [5.41, 5.74) is 2.39. The summed E-state index contributed by atoms with van der Waals surface area (Å²) in [6.07, 6.45) is 2.87. The lowest BCUT2D eigenvalue weighted by atomic mass is 10.0. The van der Waals surface area contributed by atoms with Crippen LogP contribution in [0.25, 0.3) is 27.7 Å². The molecule has 2 aromatic heterocycles. The number of hydrogen-bond acceptors (Lipinski definition) is 7. The molecule has 0 aliphatic carbocycles. The second kappa shape index (κ2) is 10.2. The summed E-state index contributed by atoms with van der Waals surface area (Å²) >= 11 is 6.16. The highest BCUT2D eigenvalue weighted by atomic mass is 35.5. The number of nitrogens with one attached hydrogen (secondary N) is 1. The van der Waals surface area contributed by atoms with E-state index in [1.807, 2.05) is 24.3 Å². The van der Waals surface area contributed by atoms with Crippen LogP contribution in [0.1, 0.15) is 0 Å². The maximum absolute atomic E-state index is 13.0. The van der Waals surface area contributed by atoms with Crippen molar-refractivity contribution in [2.24, 2.45) is 0 Å². The molecular formula is C27H21ClN4O5S. The number of aromatic nitrogens is 3. The Labute approximate surface area is 223 Å². The van der Waals surface area contributed by atoms with E-state index in [0.29, 0.717) is 33.1 Å². The number of sulfonamides is 1. The zero-order valence-corrected chi connectivity index (χ0v) is 21.8. The van der Waals surface area contributed by atoms with Crippen LogP contribution in [0, 0.1) is 0 Å². The van der Waals surface area contributed by atoms with Crippen LogP contribution in [0.3, 0.4) is 0 Å². The summed E-state index contributed by atoms with van der Waals surface area (Å²) in [6, 6.07) is 19.9. The van der Waals surface area contributed by atoms with E-state index < -0.39 is 10.0 Å². The van der Waals surface area contributed by atoms with E-state index >= 15 is 0 Å². The molecule has 9 nitrogen and oxygen atoms in total. The van der Waals surface area contributed by atoms with Gasteiger partial charge in [0.2, 0.25) is 5.95 Å². The predicted octanol–water partition coefficient (Wildman–Crippen LogP) is 4.92. The average molecular weight is 549 g/mol. The number of pyridine rings is 1. The van der Waals surface area contributed by atoms with Gasteiger partial charge in [0.1, 0.15) is 11.5 Å². The first-order valence-corrected chi connectivity index (χ1v) is 13.1. The molecule has 0 radical (unpaired) electrons. The van der Waals surface area contributed by atoms with Gasteiger partial charge in [-0.25, -0.2) is 23.1 Å². The summed E-state index contributed by atoms with van der Waals surface area (Å²) in [5.74, 6) is 0.947. The normalized spacial score (nSPS) is 11.3. The highest BCUT2D eigenvalue weighted by molar-refractivity contribution is 7.92. The SMILES string of the molecule is COc1cc(-c2ccc(-n3c(=O)ccc4cc(S(=O)(=O)Nc5ncccn5)ccc43)c(OC)c2)ccc1Cl. The number of rotatable bonds is 7. The van der Waals surface area contributed by atoms with Crippen molar-refractivity contribution in [2.45, 2.75) is 4.90 Å². The fourth-order valence-corrected chi connectivity index (χ4v) is 5.24. The average Bonchev–Trinajstić information content (AvgIpc) is 2.93. The van der Waals surface area contributed by atoms with Gasteiger partial charge in [0.05, 0.1) is 35.3 Å². The van der Waals surface area contributed by atoms with E-state index in [9.17, 15) is 13.2 Å². The fourth-order valence-electron chi connectivity index (χ4n) is 4.05. The summed E-state index contributed by atoms with van der Waals surface area (Å²) in [7, 11) is -0.895. The molecule has 0 bridgehead atoms. The van der Waals surface area contributed by atoms with Crippen LogP contribution >= 0.6 is 11.6 Å². The highest BCUT2D eigenvalue weighted by Gasteiger charge is 2.18. The molecule has 0 spiro atoms. The van der Waals surface area contributed by atoms with E-state index in [1.165, 1.54) is 42.3 Å². The van der Waals surface area contributed by atoms with E-state index in [4.69, 9.17) is 21.1 Å². The quantitative estimate of drug-likeness (QED) is 0.307. The Morgan fingerprint density at radius 2 is 1.53 bits per heavy atom. The molecule has 3 aromatic carbocycles. The second-order valence-corrected chi connectivity index (χ2v) is 10.2. The maximum atomic E-state index is 13.0. The predicted molar refractivity (Wildman–Crippen MR) is 146 cm³/mol. The molecule has 11 heteroatoms. The minimum atomic E-state index is -3.96. The van der Waals surface area contributed by atoms with Crippen molar-refractivity contribution < 1.29 is 17.9 Å². The summed E-state index contributed by atoms with van der Waals surface area (Å²) in [4.78, 5) is 20.8. The Kier molecular flexibility index (Phi) is 6.75. The number of fused-ring (bicyclic) bond motifs is 1. The van der Waals surface area contributed by atoms with Gasteiger partial charge in [-0.3, -0.25) is 9.36 Å². The standard InChI is InChI=1S/C27H21ClN4O5S/c1-36-24-15-17(4-8-21(24)28)18-5-9-23(25(16-18)37-2)32-22-10-7-20(14-19(22)6-11-26(32)33)38(34,35)31-27-29-12-3-13-30-27/h3-16H,1-2H3,(H,29,30,31). The van der Waals surface area contributed by atoms with Gasteiger partial charge in [-0.05, 0) is 65.7 Å². The first-order valence-electron chi connectivity index (χ1n) is 11.3. The van der Waals surface area contributed by atoms with Gasteiger partial charge >= 0.3 is 0 Å². The van der Waals surface area contributed by atoms with Gasteiger partial charge in [0.15, 0.2) is 0 Å². The minimum Gasteiger partial charge on any atom is -0.495 e. The molecule has 0 aliphatic rings. The number of methoxy groups -OCH3 is 2. The van der Waals surface area contributed by atoms with Crippen molar-refractivity contribution in [1.82, 2.24) is 14.5 Å². The Balaban J connectivity index is 1.59. The van der Waals surface area contributed by atoms with Crippen LogP contribution in [-0.2, 0) is 10.0 Å². The van der Waals surface area contributed by atoms with Crippen LogP contribution < -0.4 is 19.8 Å². The third-order valence-electron chi connectivity index (χ3n) is 5.87. The van der Waals surface area contributed by atoms with Gasteiger partial charge in [-0.15, -0.1) is 0 Å². The van der Waals surface area contributed by atoms with E-state index in [-0.39, 0.29) is 16.4 Å². The minimum absolute atomic E-state index is 0.00153. The van der Waals surface area contributed by atoms with Crippen LogP contribution in [0.4, 0.5) is 5.95 Å². The zero-order valence-electron chi connectivity index (χ0n) is 20.3. The van der Waals surface area contributed by atoms with E-state index in [2.05, 4.69) is 14.7 Å². The monoisotopic (exact) mass is 548 g/mol. The summed E-state index contributed by atoms with van der Waals surface area (Å²) in [5, 5.41) is 1.03. The molecule has 0 amide bonds. The smallest absolute Gasteiger partial charge is 0.264 e. The van der Waals surface area contributed by atoms with Gasteiger partial charge in [-0.1, -0.05) is 23.7 Å². The molecule has 0 saturated heterocycles. The van der Waals surface area contributed by atoms with E-state index in [1.54, 1.807) is 37.4 Å². The lowest BCUT2D eigenvalue weighted by Crippen LogP contribution is -2.19. The largest absolute Gasteiger partial charge is 0.495 e. The van der Waals surface area contributed by atoms with Crippen molar-refractivity contribution in [2.75, 3.05) is 18.9 Å². The molecule has 5 aromatic rings. The molecule has 0 fully saturated rings. The number of ether oxygens (including phenoxy) is 2. The number of halogens is 1. The van der Waals surface area contributed by atoms with Crippen molar-refractivity contribution in [3.05, 3.63) is 101 Å². The third-order valence-corrected chi connectivity index (χ3v) is 7.51. The number of hydrogen-bond donors (Lipinski definition) is 1. The van der Waals surface area contributed by atoms with Crippen LogP contribution in [0.2, 0.25) is 5.02 Å². The van der Waals surface area contributed by atoms with Gasteiger partial charge < -0.3 is 9.47 Å². The number of nitrogens with zero attached hydrogens (tertiary/aromatic N) is 3. The van der Waals surface area contributed by atoms with Crippen molar-refractivity contribution >= 4 is 38.5 Å². The molecule has 0 unspecified atom stereocenters. The first-order chi connectivity index (χ1) is 18.3. The molecule has 192 valence electrons. The molecule has 5 rings (SSSR count). The number of benzene rings is 3. The third kappa shape index (κ3) is 4.79. The Hall–Kier alpha value is -4.41. The lowest BCUT2D eigenvalue weighted by molar-refractivity contribution is 0.413. The molecule has 0 atom stereocenters. The highest BCUT2D eigenvalue weighted by Crippen LogP contribution is 2.34. The summed E-state index contributed by atoms with van der Waals surface area (Å²) in [6.45, 7) is 0. The Morgan fingerprint density at radius 3 is 2.24 bits per heavy atom. The summed E-state index contributed by atoms with van der Waals surface area (Å²) < 4.78 is 40.6. The van der Waals surface area contributed by atoms with E-state index in [0.717, 1.165) is 11.1 Å². The maximum Gasteiger partial charge on any atom is 0.264 e. The van der Waals surface area contributed by atoms with Crippen LogP contribution in [0.15, 0.2) is 94.9 Å². The molecule has 0 saturated carbocycles. The fraction of sp³-hybridized carbons (Fsp3) is 0.0741. The first kappa shape index (κ1) is 25.2. The second-order valence-electron chi connectivity index (χ2n) is 8.14. The van der Waals surface area contributed by atoms with Crippen molar-refractivity contribution in [1.29, 1.82) is 0 Å². The molecule has 0 aliphatic heterocycles. The molecule has 1 N–H and O–H groups in total. The molecular weight excluding hydrogens is 528 g/mol. The molecule has 38 heavy (non-hydrogen) atoms. The number of anilines is 1. The van der Waals surface area contributed by atoms with Crippen LogP contribution in [0.5, 0.6) is 11.5 Å². The Morgan fingerprint density at radius 1 is 0.842 bits per heavy atom. The van der Waals surface area contributed by atoms with Gasteiger partial charge in [-0.2, -0.15) is 0 Å². The lowest BCUT2D eigenvalue weighted by Gasteiger charge is -2.16. The zero-order chi connectivity index (χ0) is 26.9. The van der Waals surface area contributed by atoms with Gasteiger partial charge in [0.25, 0.3) is 15.6 Å². The van der Waals surface area contributed by atoms with Gasteiger partial charge in [0, 0.05) is 23.8 Å². The van der Waals surface area contributed by atoms with Crippen molar-refractivity contribution in [3.63, 3.8) is 0 Å². The van der Waals surface area contributed by atoms with Crippen LogP contribution in [-0.4, -0.2) is 37.2 Å².